The van der Waals surface area contributed by atoms with Crippen molar-refractivity contribution < 1.29 is 17.6 Å². The third kappa shape index (κ3) is 3.18. The number of halogens is 1. The number of anilines is 2. The number of rotatable bonds is 4. The van der Waals surface area contributed by atoms with Crippen LogP contribution in [0.25, 0.3) is 0 Å². The van der Waals surface area contributed by atoms with E-state index in [9.17, 15) is 17.6 Å². The lowest BCUT2D eigenvalue weighted by atomic mass is 9.80. The van der Waals surface area contributed by atoms with Crippen LogP contribution in [-0.4, -0.2) is 33.7 Å². The molecular weight excluding hydrogens is 321 g/mol. The zero-order valence-electron chi connectivity index (χ0n) is 12.9. The number of hydrogen-bond donors (Lipinski definition) is 3. The van der Waals surface area contributed by atoms with Crippen molar-refractivity contribution in [2.75, 3.05) is 29.4 Å². The van der Waals surface area contributed by atoms with Crippen molar-refractivity contribution in [3.05, 3.63) is 24.0 Å². The lowest BCUT2D eigenvalue weighted by Gasteiger charge is -2.27. The molecule has 0 radical (unpaired) electrons. The Kier molecular flexibility index (Phi) is 4.05. The van der Waals surface area contributed by atoms with Gasteiger partial charge in [0.25, 0.3) is 0 Å². The van der Waals surface area contributed by atoms with E-state index in [2.05, 4.69) is 15.4 Å². The number of benzene rings is 1. The van der Waals surface area contributed by atoms with Crippen LogP contribution in [0, 0.1) is 17.2 Å². The lowest BCUT2D eigenvalue weighted by molar-refractivity contribution is -0.125. The lowest BCUT2D eigenvalue weighted by Crippen LogP contribution is -2.39. The van der Waals surface area contributed by atoms with Crippen LogP contribution in [0.5, 0.6) is 0 Å². The molecule has 1 heterocycles. The summed E-state index contributed by atoms with van der Waals surface area (Å²) in [5.74, 6) is -0.439. The topological polar surface area (TPSA) is 87.3 Å². The Morgan fingerprint density at radius 2 is 2.22 bits per heavy atom. The molecule has 3 rings (SSSR count). The summed E-state index contributed by atoms with van der Waals surface area (Å²) < 4.78 is 38.4. The highest BCUT2D eigenvalue weighted by molar-refractivity contribution is 7.92. The van der Waals surface area contributed by atoms with E-state index < -0.39 is 21.3 Å². The summed E-state index contributed by atoms with van der Waals surface area (Å²) in [5.41, 5.74) is -0.191. The SMILES string of the molecule is CS(=O)(=O)Nc1cc(NC(=O)[C@@]23CCC[C@@H]2CNC3)ccc1F. The first-order valence-electron chi connectivity index (χ1n) is 7.60. The van der Waals surface area contributed by atoms with Gasteiger partial charge in [-0.2, -0.15) is 0 Å². The molecule has 6 nitrogen and oxygen atoms in total. The second kappa shape index (κ2) is 5.76. The normalized spacial score (nSPS) is 26.8. The van der Waals surface area contributed by atoms with Gasteiger partial charge >= 0.3 is 0 Å². The summed E-state index contributed by atoms with van der Waals surface area (Å²) in [7, 11) is -3.59. The molecule has 1 aliphatic carbocycles. The Morgan fingerprint density at radius 3 is 2.96 bits per heavy atom. The van der Waals surface area contributed by atoms with Gasteiger partial charge in [0.15, 0.2) is 0 Å². The maximum absolute atomic E-state index is 13.7. The Hall–Kier alpha value is -1.67. The first-order valence-corrected chi connectivity index (χ1v) is 9.49. The number of hydrogen-bond acceptors (Lipinski definition) is 4. The highest BCUT2D eigenvalue weighted by Crippen LogP contribution is 2.46. The molecule has 1 aromatic rings. The van der Waals surface area contributed by atoms with E-state index >= 15 is 0 Å². The second-order valence-corrected chi connectivity index (χ2v) is 8.15. The van der Waals surface area contributed by atoms with Crippen molar-refractivity contribution >= 4 is 27.3 Å². The average Bonchev–Trinajstić information content (AvgIpc) is 3.01. The largest absolute Gasteiger partial charge is 0.325 e. The van der Waals surface area contributed by atoms with Crippen molar-refractivity contribution in [3.63, 3.8) is 0 Å². The summed E-state index contributed by atoms with van der Waals surface area (Å²) in [6.45, 7) is 1.50. The molecule has 1 saturated heterocycles. The van der Waals surface area contributed by atoms with Crippen LogP contribution in [-0.2, 0) is 14.8 Å². The van der Waals surface area contributed by atoms with Gasteiger partial charge in [0, 0.05) is 12.2 Å². The van der Waals surface area contributed by atoms with E-state index in [1.165, 1.54) is 12.1 Å². The van der Waals surface area contributed by atoms with Crippen LogP contribution in [0.3, 0.4) is 0 Å². The van der Waals surface area contributed by atoms with Crippen molar-refractivity contribution in [2.45, 2.75) is 19.3 Å². The number of amides is 1. The fourth-order valence-electron chi connectivity index (χ4n) is 3.66. The molecule has 1 saturated carbocycles. The Bertz CT molecular complexity index is 725. The molecule has 1 amide bonds. The molecule has 0 aromatic heterocycles. The molecule has 2 fully saturated rings. The monoisotopic (exact) mass is 341 g/mol. The fourth-order valence-corrected chi connectivity index (χ4v) is 4.22. The van der Waals surface area contributed by atoms with Gasteiger partial charge in [-0.15, -0.1) is 0 Å². The second-order valence-electron chi connectivity index (χ2n) is 6.40. The average molecular weight is 341 g/mol. The highest BCUT2D eigenvalue weighted by Gasteiger charge is 2.51. The van der Waals surface area contributed by atoms with E-state index in [0.29, 0.717) is 18.2 Å². The van der Waals surface area contributed by atoms with Gasteiger partial charge in [-0.3, -0.25) is 9.52 Å². The summed E-state index contributed by atoms with van der Waals surface area (Å²) in [5, 5.41) is 6.09. The number of carbonyl (C=O) groups excluding carboxylic acids is 1. The van der Waals surface area contributed by atoms with E-state index in [4.69, 9.17) is 0 Å². The van der Waals surface area contributed by atoms with Crippen molar-refractivity contribution in [3.8, 4) is 0 Å². The first-order chi connectivity index (χ1) is 10.8. The van der Waals surface area contributed by atoms with Gasteiger partial charge in [0.2, 0.25) is 15.9 Å². The molecule has 0 spiro atoms. The molecule has 1 aromatic carbocycles. The fraction of sp³-hybridized carbons (Fsp3) is 0.533. The maximum atomic E-state index is 13.7. The molecule has 0 bridgehead atoms. The molecule has 126 valence electrons. The van der Waals surface area contributed by atoms with Crippen molar-refractivity contribution in [1.82, 2.24) is 5.32 Å². The van der Waals surface area contributed by atoms with E-state index in [1.807, 2.05) is 0 Å². The Morgan fingerprint density at radius 1 is 1.43 bits per heavy atom. The zero-order valence-corrected chi connectivity index (χ0v) is 13.7. The molecule has 23 heavy (non-hydrogen) atoms. The number of carbonyl (C=O) groups is 1. The van der Waals surface area contributed by atoms with E-state index in [0.717, 1.165) is 38.1 Å². The maximum Gasteiger partial charge on any atom is 0.232 e. The van der Waals surface area contributed by atoms with Gasteiger partial charge in [-0.25, -0.2) is 12.8 Å². The van der Waals surface area contributed by atoms with Crippen LogP contribution < -0.4 is 15.4 Å². The molecule has 0 unspecified atom stereocenters. The molecule has 8 heteroatoms. The number of fused-ring (bicyclic) bond motifs is 1. The predicted molar refractivity (Wildman–Crippen MR) is 86.1 cm³/mol. The minimum atomic E-state index is -3.59. The van der Waals surface area contributed by atoms with Crippen LogP contribution in [0.2, 0.25) is 0 Å². The van der Waals surface area contributed by atoms with Gasteiger partial charge in [-0.1, -0.05) is 6.42 Å². The summed E-state index contributed by atoms with van der Waals surface area (Å²) in [6.07, 6.45) is 3.85. The summed E-state index contributed by atoms with van der Waals surface area (Å²) >= 11 is 0. The number of sulfonamides is 1. The predicted octanol–water partition coefficient (Wildman–Crippen LogP) is 1.53. The molecule has 3 N–H and O–H groups in total. The Balaban J connectivity index is 1.80. The van der Waals surface area contributed by atoms with E-state index in [-0.39, 0.29) is 11.6 Å². The minimum absolute atomic E-state index is 0.0816. The third-order valence-electron chi connectivity index (χ3n) is 4.76. The highest BCUT2D eigenvalue weighted by atomic mass is 32.2. The molecular formula is C15H20FN3O3S. The van der Waals surface area contributed by atoms with Crippen LogP contribution in [0.15, 0.2) is 18.2 Å². The van der Waals surface area contributed by atoms with Gasteiger partial charge in [-0.05, 0) is 43.5 Å². The Labute approximate surface area is 134 Å². The molecule has 2 aliphatic rings. The zero-order chi connectivity index (χ0) is 16.7. The van der Waals surface area contributed by atoms with E-state index in [1.54, 1.807) is 0 Å². The van der Waals surface area contributed by atoms with Gasteiger partial charge in [0.05, 0.1) is 17.4 Å². The number of nitrogens with one attached hydrogen (secondary N) is 3. The minimum Gasteiger partial charge on any atom is -0.325 e. The standard InChI is InChI=1S/C15H20FN3O3S/c1-23(21,22)19-13-7-11(4-5-12(13)16)18-14(20)15-6-2-3-10(15)8-17-9-15/h4-5,7,10,17,19H,2-3,6,8-9H2,1H3,(H,18,20)/t10-,15-/m1/s1. The van der Waals surface area contributed by atoms with Crippen molar-refractivity contribution in [2.24, 2.45) is 11.3 Å². The quantitative estimate of drug-likeness (QED) is 0.775. The third-order valence-corrected chi connectivity index (χ3v) is 5.35. The van der Waals surface area contributed by atoms with Crippen LogP contribution in [0.4, 0.5) is 15.8 Å². The summed E-state index contributed by atoms with van der Waals surface area (Å²) in [6, 6.07) is 3.88. The molecule has 2 atom stereocenters. The van der Waals surface area contributed by atoms with Crippen molar-refractivity contribution in [1.29, 1.82) is 0 Å². The molecule has 1 aliphatic heterocycles. The van der Waals surface area contributed by atoms with Gasteiger partial charge in [0.1, 0.15) is 5.82 Å². The van der Waals surface area contributed by atoms with Crippen LogP contribution >= 0.6 is 0 Å². The smallest absolute Gasteiger partial charge is 0.232 e. The first kappa shape index (κ1) is 16.2. The summed E-state index contributed by atoms with van der Waals surface area (Å²) in [4.78, 5) is 12.7. The van der Waals surface area contributed by atoms with Crippen LogP contribution in [0.1, 0.15) is 19.3 Å². The van der Waals surface area contributed by atoms with Gasteiger partial charge < -0.3 is 10.6 Å².